The number of amides is 1. The van der Waals surface area contributed by atoms with Gasteiger partial charge < -0.3 is 35.8 Å². The van der Waals surface area contributed by atoms with E-state index in [2.05, 4.69) is 26.6 Å². The fraction of sp³-hybridized carbons (Fsp3) is 0.471. The van der Waals surface area contributed by atoms with Crippen LogP contribution >= 0.6 is 11.6 Å². The Balaban J connectivity index is 0.000000564. The summed E-state index contributed by atoms with van der Waals surface area (Å²) in [4.78, 5) is 47.5. The lowest BCUT2D eigenvalue weighted by Gasteiger charge is -2.34. The minimum absolute atomic E-state index is 0.0787. The Morgan fingerprint density at radius 2 is 1.42 bits per heavy atom. The second kappa shape index (κ2) is 21.2. The van der Waals surface area contributed by atoms with Crippen LogP contribution in [-0.4, -0.2) is 94.2 Å². The first-order valence-electron chi connectivity index (χ1n) is 16.3. The van der Waals surface area contributed by atoms with Crippen molar-refractivity contribution in [1.29, 1.82) is 0 Å². The SMILES string of the molecule is O=C(CCNCCc1cccc(Cl)c1)N(CCNCCc1ccc(O)c2[nH]c(=O)ccc12)C1CCCCC1.O=C(O)C(F)(F)F.O=C(O)C(F)(F)F. The molecule has 11 nitrogen and oxygen atoms in total. The standard InChI is InChI=1S/C30H39ClN4O3.2C2HF3O2/c31-24-6-4-5-22(21-24)13-16-32-18-15-29(38)35(25-7-2-1-3-8-25)20-19-33-17-14-23-9-11-27(36)30-26(23)10-12-28(37)34-30;2*3-2(4,5)1(6)7/h4-6,9-12,21,25,32-33,36H,1-3,7-8,13-20H2,(H,34,37);2*(H,6,7). The summed E-state index contributed by atoms with van der Waals surface area (Å²) in [7, 11) is 0. The van der Waals surface area contributed by atoms with Crippen LogP contribution in [-0.2, 0) is 27.2 Å². The van der Waals surface area contributed by atoms with E-state index in [0.29, 0.717) is 31.1 Å². The number of phenolic OH excluding ortho intramolecular Hbond substituents is 1. The van der Waals surface area contributed by atoms with E-state index in [-0.39, 0.29) is 17.2 Å². The molecule has 0 atom stereocenters. The molecule has 0 aliphatic heterocycles. The molecule has 0 unspecified atom stereocenters. The quantitative estimate of drug-likeness (QED) is 0.0948. The summed E-state index contributed by atoms with van der Waals surface area (Å²) < 4.78 is 63.5. The van der Waals surface area contributed by atoms with E-state index >= 15 is 0 Å². The Hall–Kier alpha value is -4.35. The highest BCUT2D eigenvalue weighted by Gasteiger charge is 2.39. The maximum absolute atomic E-state index is 13.2. The lowest BCUT2D eigenvalue weighted by molar-refractivity contribution is -0.193. The number of H-pyrrole nitrogens is 1. The normalized spacial score (nSPS) is 13.4. The first-order chi connectivity index (χ1) is 24.4. The molecule has 1 saturated carbocycles. The lowest BCUT2D eigenvalue weighted by Crippen LogP contribution is -2.45. The number of fused-ring (bicyclic) bond motifs is 1. The number of hydrogen-bond donors (Lipinski definition) is 6. The van der Waals surface area contributed by atoms with E-state index in [1.807, 2.05) is 24.3 Å². The first kappa shape index (κ1) is 43.8. The number of carboxylic acid groups (broad SMARTS) is 2. The molecule has 0 spiro atoms. The van der Waals surface area contributed by atoms with Crippen molar-refractivity contribution in [2.45, 2.75) is 69.8 Å². The van der Waals surface area contributed by atoms with Crippen molar-refractivity contribution in [3.05, 3.63) is 75.0 Å². The number of rotatable bonds is 13. The molecule has 2 aromatic carbocycles. The maximum Gasteiger partial charge on any atom is 0.490 e. The number of carbonyl (C=O) groups excluding carboxylic acids is 1. The molecular weight excluding hydrogens is 726 g/mol. The van der Waals surface area contributed by atoms with Gasteiger partial charge in [0.2, 0.25) is 11.5 Å². The Labute approximate surface area is 300 Å². The Bertz CT molecular complexity index is 1640. The van der Waals surface area contributed by atoms with Gasteiger partial charge in [-0.25, -0.2) is 9.59 Å². The lowest BCUT2D eigenvalue weighted by atomic mass is 9.94. The van der Waals surface area contributed by atoms with Crippen LogP contribution in [0.5, 0.6) is 5.75 Å². The van der Waals surface area contributed by atoms with Gasteiger partial charge in [0.15, 0.2) is 0 Å². The summed E-state index contributed by atoms with van der Waals surface area (Å²) in [5.41, 5.74) is 2.50. The number of aromatic amines is 1. The van der Waals surface area contributed by atoms with Crippen LogP contribution in [0.3, 0.4) is 0 Å². The monoisotopic (exact) mass is 766 g/mol. The van der Waals surface area contributed by atoms with Gasteiger partial charge in [-0.3, -0.25) is 9.59 Å². The van der Waals surface area contributed by atoms with Crippen LogP contribution in [0.4, 0.5) is 26.3 Å². The molecule has 3 aromatic rings. The average molecular weight is 767 g/mol. The largest absolute Gasteiger partial charge is 0.506 e. The predicted molar refractivity (Wildman–Crippen MR) is 181 cm³/mol. The molecule has 1 aliphatic rings. The summed E-state index contributed by atoms with van der Waals surface area (Å²) in [5.74, 6) is -5.21. The molecule has 1 aromatic heterocycles. The summed E-state index contributed by atoms with van der Waals surface area (Å²) in [6.45, 7) is 3.67. The van der Waals surface area contributed by atoms with Crippen molar-refractivity contribution in [2.75, 3.05) is 32.7 Å². The molecule has 52 heavy (non-hydrogen) atoms. The minimum atomic E-state index is -5.08. The van der Waals surface area contributed by atoms with Crippen LogP contribution in [0.2, 0.25) is 5.02 Å². The highest BCUT2D eigenvalue weighted by molar-refractivity contribution is 6.30. The van der Waals surface area contributed by atoms with Crippen molar-refractivity contribution >= 4 is 40.3 Å². The Kier molecular flexibility index (Phi) is 17.9. The van der Waals surface area contributed by atoms with E-state index in [9.17, 15) is 41.0 Å². The van der Waals surface area contributed by atoms with Gasteiger partial charge in [0, 0.05) is 48.6 Å². The number of benzene rings is 2. The molecule has 1 amide bonds. The number of phenols is 1. The highest BCUT2D eigenvalue weighted by Crippen LogP contribution is 2.25. The van der Waals surface area contributed by atoms with Gasteiger partial charge in [0.05, 0.1) is 5.52 Å². The zero-order valence-corrected chi connectivity index (χ0v) is 28.7. The van der Waals surface area contributed by atoms with E-state index < -0.39 is 24.3 Å². The zero-order valence-electron chi connectivity index (χ0n) is 28.0. The van der Waals surface area contributed by atoms with Crippen LogP contribution in [0.15, 0.2) is 53.3 Å². The summed E-state index contributed by atoms with van der Waals surface area (Å²) in [6, 6.07) is 15.0. The third kappa shape index (κ3) is 15.9. The number of carbonyl (C=O) groups is 3. The van der Waals surface area contributed by atoms with Gasteiger partial charge >= 0.3 is 24.3 Å². The fourth-order valence-corrected chi connectivity index (χ4v) is 5.57. The van der Waals surface area contributed by atoms with Crippen molar-refractivity contribution in [3.63, 3.8) is 0 Å². The van der Waals surface area contributed by atoms with Crippen LogP contribution in [0.25, 0.3) is 10.9 Å². The number of nitrogens with one attached hydrogen (secondary N) is 3. The molecule has 0 bridgehead atoms. The van der Waals surface area contributed by atoms with E-state index in [4.69, 9.17) is 31.4 Å². The number of nitrogens with zero attached hydrogens (tertiary/aromatic N) is 1. The topological polar surface area (TPSA) is 172 Å². The average Bonchev–Trinajstić information content (AvgIpc) is 3.07. The maximum atomic E-state index is 13.2. The number of aromatic hydroxyl groups is 1. The number of aliphatic carboxylic acids is 2. The van der Waals surface area contributed by atoms with Gasteiger partial charge in [-0.1, -0.05) is 49.1 Å². The molecule has 288 valence electrons. The second-order valence-corrected chi connectivity index (χ2v) is 12.2. The number of pyridine rings is 1. The predicted octanol–water partition coefficient (Wildman–Crippen LogP) is 5.67. The van der Waals surface area contributed by atoms with Crippen LogP contribution < -0.4 is 16.2 Å². The molecule has 18 heteroatoms. The smallest absolute Gasteiger partial charge is 0.490 e. The number of aromatic nitrogens is 1. The third-order valence-electron chi connectivity index (χ3n) is 7.88. The number of alkyl halides is 6. The second-order valence-electron chi connectivity index (χ2n) is 11.7. The molecule has 0 radical (unpaired) electrons. The van der Waals surface area contributed by atoms with Gasteiger partial charge in [-0.15, -0.1) is 0 Å². The molecule has 1 fully saturated rings. The van der Waals surface area contributed by atoms with Crippen molar-refractivity contribution in [3.8, 4) is 5.75 Å². The van der Waals surface area contributed by atoms with Gasteiger partial charge in [0.25, 0.3) is 0 Å². The molecular formula is C34H41ClF6N4O7. The molecule has 1 heterocycles. The van der Waals surface area contributed by atoms with Gasteiger partial charge in [-0.2, -0.15) is 26.3 Å². The molecule has 1 aliphatic carbocycles. The van der Waals surface area contributed by atoms with Crippen molar-refractivity contribution < 1.29 is 56.0 Å². The Morgan fingerprint density at radius 1 is 0.827 bits per heavy atom. The molecule has 4 rings (SSSR count). The van der Waals surface area contributed by atoms with E-state index in [1.54, 1.807) is 12.1 Å². The van der Waals surface area contributed by atoms with Gasteiger partial charge in [0.1, 0.15) is 5.75 Å². The van der Waals surface area contributed by atoms with Crippen LogP contribution in [0, 0.1) is 0 Å². The summed E-state index contributed by atoms with van der Waals surface area (Å²) in [5, 5.41) is 32.9. The van der Waals surface area contributed by atoms with Crippen LogP contribution in [0.1, 0.15) is 49.7 Å². The highest BCUT2D eigenvalue weighted by atomic mass is 35.5. The first-order valence-corrected chi connectivity index (χ1v) is 16.7. The summed E-state index contributed by atoms with van der Waals surface area (Å²) >= 11 is 6.07. The third-order valence-corrected chi connectivity index (χ3v) is 8.12. The molecule has 0 saturated heterocycles. The summed E-state index contributed by atoms with van der Waals surface area (Å²) in [6.07, 6.45) is -2.20. The van der Waals surface area contributed by atoms with Crippen molar-refractivity contribution in [1.82, 2.24) is 20.5 Å². The minimum Gasteiger partial charge on any atom is -0.506 e. The van der Waals surface area contributed by atoms with Crippen molar-refractivity contribution in [2.24, 2.45) is 0 Å². The Morgan fingerprint density at radius 3 is 2.02 bits per heavy atom. The van der Waals surface area contributed by atoms with E-state index in [0.717, 1.165) is 61.3 Å². The van der Waals surface area contributed by atoms with E-state index in [1.165, 1.54) is 30.9 Å². The fourth-order valence-electron chi connectivity index (χ4n) is 5.36. The number of carboxylic acids is 2. The molecule has 6 N–H and O–H groups in total. The number of hydrogen-bond acceptors (Lipinski definition) is 7. The zero-order chi connectivity index (χ0) is 38.9. The number of halogens is 7. The van der Waals surface area contributed by atoms with Gasteiger partial charge in [-0.05, 0) is 74.2 Å².